The van der Waals surface area contributed by atoms with Crippen LogP contribution < -0.4 is 0 Å². The van der Waals surface area contributed by atoms with E-state index in [1.54, 1.807) is 37.0 Å². The summed E-state index contributed by atoms with van der Waals surface area (Å²) in [6, 6.07) is 7.18. The molecular weight excluding hydrogens is 344 g/mol. The van der Waals surface area contributed by atoms with Crippen molar-refractivity contribution in [1.29, 1.82) is 0 Å². The van der Waals surface area contributed by atoms with Crippen LogP contribution in [-0.4, -0.2) is 28.6 Å². The minimum absolute atomic E-state index is 0.521. The predicted molar refractivity (Wildman–Crippen MR) is 81.9 cm³/mol. The van der Waals surface area contributed by atoms with E-state index >= 15 is 0 Å². The highest BCUT2D eigenvalue weighted by molar-refractivity contribution is 9.10. The molecule has 2 rings (SSSR count). The van der Waals surface area contributed by atoms with Crippen LogP contribution in [0.3, 0.4) is 0 Å². The van der Waals surface area contributed by atoms with Crippen molar-refractivity contribution in [2.45, 2.75) is 19.1 Å². The first-order valence-electron chi connectivity index (χ1n) is 6.16. The van der Waals surface area contributed by atoms with E-state index in [0.29, 0.717) is 29.4 Å². The summed E-state index contributed by atoms with van der Waals surface area (Å²) in [6.45, 7) is 2.81. The van der Waals surface area contributed by atoms with Gasteiger partial charge < -0.3 is 9.84 Å². The van der Waals surface area contributed by atoms with Crippen LogP contribution >= 0.6 is 27.5 Å². The minimum atomic E-state index is -1.20. The molecule has 108 valence electrons. The Labute approximate surface area is 131 Å². The molecule has 1 heterocycles. The van der Waals surface area contributed by atoms with Gasteiger partial charge in [-0.1, -0.05) is 23.7 Å². The predicted octanol–water partition coefficient (Wildman–Crippen LogP) is 3.20. The molecule has 0 aliphatic rings. The SMILES string of the molecule is COCCn1ncc(Br)c1C(C)(O)c1cccc(Cl)c1. The number of hydrogen-bond donors (Lipinski definition) is 1. The second kappa shape index (κ2) is 6.26. The number of hydrogen-bond acceptors (Lipinski definition) is 3. The molecule has 0 saturated carbocycles. The van der Waals surface area contributed by atoms with E-state index in [9.17, 15) is 5.11 Å². The zero-order chi connectivity index (χ0) is 14.8. The Morgan fingerprint density at radius 3 is 2.90 bits per heavy atom. The summed E-state index contributed by atoms with van der Waals surface area (Å²) in [4.78, 5) is 0. The third-order valence-electron chi connectivity index (χ3n) is 3.15. The molecule has 1 atom stereocenters. The second-order valence-corrected chi connectivity index (χ2v) is 5.93. The zero-order valence-electron chi connectivity index (χ0n) is 11.3. The largest absolute Gasteiger partial charge is 0.383 e. The molecule has 6 heteroatoms. The number of aromatic nitrogens is 2. The lowest BCUT2D eigenvalue weighted by atomic mass is 9.92. The number of methoxy groups -OCH3 is 1. The van der Waals surface area contributed by atoms with Crippen LogP contribution in [0.2, 0.25) is 5.02 Å². The second-order valence-electron chi connectivity index (χ2n) is 4.64. The van der Waals surface area contributed by atoms with E-state index in [2.05, 4.69) is 21.0 Å². The van der Waals surface area contributed by atoms with Gasteiger partial charge in [0.2, 0.25) is 0 Å². The van der Waals surface area contributed by atoms with E-state index < -0.39 is 5.60 Å². The highest BCUT2D eigenvalue weighted by Crippen LogP contribution is 2.34. The fraction of sp³-hybridized carbons (Fsp3) is 0.357. The lowest BCUT2D eigenvalue weighted by Crippen LogP contribution is -2.28. The molecule has 2 aromatic rings. The average molecular weight is 360 g/mol. The van der Waals surface area contributed by atoms with E-state index in [1.165, 1.54) is 0 Å². The summed E-state index contributed by atoms with van der Waals surface area (Å²) in [5.74, 6) is 0. The normalized spacial score (nSPS) is 14.2. The molecule has 0 bridgehead atoms. The number of aliphatic hydroxyl groups is 1. The molecule has 0 radical (unpaired) electrons. The quantitative estimate of drug-likeness (QED) is 0.892. The van der Waals surface area contributed by atoms with Crippen molar-refractivity contribution < 1.29 is 9.84 Å². The molecule has 0 aliphatic heterocycles. The maximum atomic E-state index is 10.9. The third-order valence-corrected chi connectivity index (χ3v) is 3.97. The van der Waals surface area contributed by atoms with Crippen LogP contribution in [0.5, 0.6) is 0 Å². The number of nitrogens with zero attached hydrogens (tertiary/aromatic N) is 2. The Morgan fingerprint density at radius 2 is 2.25 bits per heavy atom. The van der Waals surface area contributed by atoms with Gasteiger partial charge in [0, 0.05) is 12.1 Å². The monoisotopic (exact) mass is 358 g/mol. The first kappa shape index (κ1) is 15.5. The van der Waals surface area contributed by atoms with Gasteiger partial charge in [0.1, 0.15) is 5.60 Å². The summed E-state index contributed by atoms with van der Waals surface area (Å²) in [5.41, 5.74) is 0.190. The van der Waals surface area contributed by atoms with Gasteiger partial charge in [-0.3, -0.25) is 4.68 Å². The minimum Gasteiger partial charge on any atom is -0.383 e. The Balaban J connectivity index is 2.45. The smallest absolute Gasteiger partial charge is 0.129 e. The van der Waals surface area contributed by atoms with Gasteiger partial charge in [-0.25, -0.2) is 0 Å². The van der Waals surface area contributed by atoms with E-state index in [-0.39, 0.29) is 0 Å². The van der Waals surface area contributed by atoms with Gasteiger partial charge in [-0.05, 0) is 40.5 Å². The summed E-state index contributed by atoms with van der Waals surface area (Å²) in [6.07, 6.45) is 1.67. The van der Waals surface area contributed by atoms with Crippen LogP contribution in [0, 0.1) is 0 Å². The summed E-state index contributed by atoms with van der Waals surface area (Å²) < 4.78 is 7.55. The summed E-state index contributed by atoms with van der Waals surface area (Å²) in [7, 11) is 1.63. The number of ether oxygens (including phenoxy) is 1. The van der Waals surface area contributed by atoms with Crippen LogP contribution in [-0.2, 0) is 16.9 Å². The molecule has 4 nitrogen and oxygen atoms in total. The lowest BCUT2D eigenvalue weighted by Gasteiger charge is -2.26. The van der Waals surface area contributed by atoms with Crippen molar-refractivity contribution in [2.24, 2.45) is 0 Å². The average Bonchev–Trinajstić information content (AvgIpc) is 2.78. The maximum Gasteiger partial charge on any atom is 0.129 e. The van der Waals surface area contributed by atoms with E-state index in [1.807, 2.05) is 12.1 Å². The molecule has 1 aromatic heterocycles. The molecule has 0 fully saturated rings. The lowest BCUT2D eigenvalue weighted by molar-refractivity contribution is 0.0875. The van der Waals surface area contributed by atoms with Crippen molar-refractivity contribution in [3.05, 3.63) is 51.2 Å². The molecule has 1 N–H and O–H groups in total. The van der Waals surface area contributed by atoms with Gasteiger partial charge >= 0.3 is 0 Å². The van der Waals surface area contributed by atoms with E-state index in [4.69, 9.17) is 16.3 Å². The highest BCUT2D eigenvalue weighted by atomic mass is 79.9. The van der Waals surface area contributed by atoms with Crippen molar-refractivity contribution in [3.63, 3.8) is 0 Å². The Morgan fingerprint density at radius 1 is 1.50 bits per heavy atom. The molecule has 0 amide bonds. The Hall–Kier alpha value is -0.880. The first-order chi connectivity index (χ1) is 9.46. The zero-order valence-corrected chi connectivity index (χ0v) is 13.6. The van der Waals surface area contributed by atoms with Gasteiger partial charge in [-0.15, -0.1) is 0 Å². The van der Waals surface area contributed by atoms with Crippen LogP contribution in [0.25, 0.3) is 0 Å². The molecule has 0 spiro atoms. The number of halogens is 2. The summed E-state index contributed by atoms with van der Waals surface area (Å²) in [5, 5.41) is 15.8. The topological polar surface area (TPSA) is 47.3 Å². The van der Waals surface area contributed by atoms with Gasteiger partial charge in [0.15, 0.2) is 0 Å². The Bertz CT molecular complexity index is 599. The first-order valence-corrected chi connectivity index (χ1v) is 7.33. The number of benzene rings is 1. The molecular formula is C14H16BrClN2O2. The van der Waals surface area contributed by atoms with Gasteiger partial charge in [0.25, 0.3) is 0 Å². The highest BCUT2D eigenvalue weighted by Gasteiger charge is 2.32. The number of rotatable bonds is 5. The fourth-order valence-corrected chi connectivity index (χ4v) is 2.99. The van der Waals surface area contributed by atoms with Crippen LogP contribution in [0.15, 0.2) is 34.9 Å². The van der Waals surface area contributed by atoms with Gasteiger partial charge in [-0.2, -0.15) is 5.10 Å². The molecule has 0 aliphatic carbocycles. The molecule has 20 heavy (non-hydrogen) atoms. The Kier molecular flexibility index (Phi) is 4.86. The maximum absolute atomic E-state index is 10.9. The third kappa shape index (κ3) is 3.06. The van der Waals surface area contributed by atoms with Crippen LogP contribution in [0.4, 0.5) is 0 Å². The van der Waals surface area contributed by atoms with Crippen LogP contribution in [0.1, 0.15) is 18.2 Å². The van der Waals surface area contributed by atoms with E-state index in [0.717, 1.165) is 4.47 Å². The molecule has 1 unspecified atom stereocenters. The van der Waals surface area contributed by atoms with Crippen molar-refractivity contribution in [3.8, 4) is 0 Å². The van der Waals surface area contributed by atoms with Crippen molar-refractivity contribution >= 4 is 27.5 Å². The molecule has 1 aromatic carbocycles. The molecule has 0 saturated heterocycles. The summed E-state index contributed by atoms with van der Waals surface area (Å²) >= 11 is 9.45. The fourth-order valence-electron chi connectivity index (χ4n) is 2.12. The standard InChI is InChI=1S/C14H16BrClN2O2/c1-14(19,10-4-3-5-11(16)8-10)13-12(15)9-17-18(13)6-7-20-2/h3-5,8-9,19H,6-7H2,1-2H3. The van der Waals surface area contributed by atoms with Crippen molar-refractivity contribution in [1.82, 2.24) is 9.78 Å². The van der Waals surface area contributed by atoms with Gasteiger partial charge in [0.05, 0.1) is 29.5 Å². The van der Waals surface area contributed by atoms with Crippen molar-refractivity contribution in [2.75, 3.05) is 13.7 Å².